The fraction of sp³-hybridized carbons (Fsp3) is 0.700. The molecule has 1 aromatic carbocycles. The molecule has 0 saturated carbocycles. The van der Waals surface area contributed by atoms with Crippen molar-refractivity contribution in [1.82, 2.24) is 0 Å². The summed E-state index contributed by atoms with van der Waals surface area (Å²) < 4.78 is 49.8. The summed E-state index contributed by atoms with van der Waals surface area (Å²) in [5.41, 5.74) is -0.301. The predicted octanol–water partition coefficient (Wildman–Crippen LogP) is 4.20. The molecule has 0 aromatic heterocycles. The highest BCUT2D eigenvalue weighted by Crippen LogP contribution is 2.55. The minimum absolute atomic E-state index is 0.0524. The maximum Gasteiger partial charge on any atom is 0.231 e. The minimum Gasteiger partial charge on any atom is -0.496 e. The van der Waals surface area contributed by atoms with Crippen molar-refractivity contribution in [2.24, 2.45) is 5.92 Å². The normalized spacial score (nSPS) is 31.9. The van der Waals surface area contributed by atoms with Gasteiger partial charge in [0.2, 0.25) is 13.2 Å². The fourth-order valence-electron chi connectivity index (χ4n) is 3.92. The topological polar surface area (TPSA) is 55.4 Å². The molecule has 1 unspecified atom stereocenters. The number of ether oxygens (including phenoxy) is 5. The van der Waals surface area contributed by atoms with Crippen LogP contribution in [0.2, 0.25) is 18.1 Å². The first-order valence-corrected chi connectivity index (χ1v) is 12.5. The monoisotopic (exact) mass is 412 g/mol. The van der Waals surface area contributed by atoms with E-state index in [1.165, 1.54) is 0 Å². The molecule has 3 aliphatic rings. The Morgan fingerprint density at radius 3 is 2.46 bits per heavy atom. The van der Waals surface area contributed by atoms with Gasteiger partial charge in [0.1, 0.15) is 11.4 Å². The van der Waals surface area contributed by atoms with Crippen LogP contribution in [0.1, 0.15) is 32.4 Å². The van der Waals surface area contributed by atoms with Crippen molar-refractivity contribution >= 4 is 8.32 Å². The molecule has 2 saturated heterocycles. The van der Waals surface area contributed by atoms with Gasteiger partial charge < -0.3 is 28.1 Å². The van der Waals surface area contributed by atoms with E-state index in [-0.39, 0.29) is 31.0 Å². The molecule has 3 heterocycles. The van der Waals surface area contributed by atoms with E-state index in [1.807, 2.05) is 6.07 Å². The van der Waals surface area contributed by atoms with Gasteiger partial charge in [-0.3, -0.25) is 0 Å². The summed E-state index contributed by atoms with van der Waals surface area (Å²) in [6, 6.07) is 3.65. The van der Waals surface area contributed by atoms with Crippen LogP contribution in [-0.4, -0.2) is 47.4 Å². The highest BCUT2D eigenvalue weighted by molar-refractivity contribution is 6.74. The number of fused-ring (bicyclic) bond motifs is 2. The lowest BCUT2D eigenvalue weighted by Gasteiger charge is -2.43. The SMILES string of the molecule is COc1cc2c(cc1[C@H]1OC[C@]3(O[Si](C)(C)C(C)(C)C)C(F)OC[C@H]13)OCO2. The minimum atomic E-state index is -2.25. The summed E-state index contributed by atoms with van der Waals surface area (Å²) in [6.07, 6.45) is -1.92. The van der Waals surface area contributed by atoms with E-state index in [1.54, 1.807) is 13.2 Å². The Labute approximate surface area is 166 Å². The van der Waals surface area contributed by atoms with Crippen LogP contribution in [0.4, 0.5) is 4.39 Å². The van der Waals surface area contributed by atoms with Gasteiger partial charge in [0.05, 0.1) is 26.4 Å². The van der Waals surface area contributed by atoms with Crippen LogP contribution in [0.25, 0.3) is 0 Å². The average Bonchev–Trinajstić information content (AvgIpc) is 3.28. The quantitative estimate of drug-likeness (QED) is 0.691. The van der Waals surface area contributed by atoms with E-state index < -0.39 is 26.4 Å². The van der Waals surface area contributed by atoms with Gasteiger partial charge >= 0.3 is 0 Å². The largest absolute Gasteiger partial charge is 0.496 e. The van der Waals surface area contributed by atoms with Gasteiger partial charge in [-0.25, -0.2) is 4.39 Å². The Bertz CT molecular complexity index is 764. The summed E-state index contributed by atoms with van der Waals surface area (Å²) in [5, 5.41) is -0.0524. The Morgan fingerprint density at radius 1 is 1.14 bits per heavy atom. The molecular formula is C20H29FO6Si. The first-order chi connectivity index (χ1) is 13.1. The third kappa shape index (κ3) is 2.92. The van der Waals surface area contributed by atoms with E-state index >= 15 is 4.39 Å². The number of alkyl halides is 1. The summed E-state index contributed by atoms with van der Waals surface area (Å²) >= 11 is 0. The van der Waals surface area contributed by atoms with Gasteiger partial charge in [0, 0.05) is 17.5 Å². The van der Waals surface area contributed by atoms with Crippen molar-refractivity contribution in [1.29, 1.82) is 0 Å². The van der Waals surface area contributed by atoms with Gasteiger partial charge in [0.25, 0.3) is 0 Å². The first kappa shape index (κ1) is 19.9. The van der Waals surface area contributed by atoms with E-state index in [4.69, 9.17) is 28.1 Å². The van der Waals surface area contributed by atoms with Crippen LogP contribution in [0.5, 0.6) is 17.2 Å². The maximum atomic E-state index is 15.1. The molecule has 0 aliphatic carbocycles. The molecule has 0 spiro atoms. The number of halogens is 1. The van der Waals surface area contributed by atoms with Gasteiger partial charge in [-0.2, -0.15) is 0 Å². The average molecular weight is 413 g/mol. The van der Waals surface area contributed by atoms with E-state index in [0.717, 1.165) is 5.56 Å². The second kappa shape index (κ2) is 6.58. The van der Waals surface area contributed by atoms with E-state index in [0.29, 0.717) is 17.2 Å². The molecule has 2 fully saturated rings. The number of hydrogen-bond acceptors (Lipinski definition) is 6. The Balaban J connectivity index is 1.70. The molecular weight excluding hydrogens is 383 g/mol. The molecule has 0 N–H and O–H groups in total. The van der Waals surface area contributed by atoms with Crippen molar-refractivity contribution in [3.63, 3.8) is 0 Å². The van der Waals surface area contributed by atoms with Crippen molar-refractivity contribution in [3.05, 3.63) is 17.7 Å². The molecule has 8 heteroatoms. The van der Waals surface area contributed by atoms with Crippen LogP contribution >= 0.6 is 0 Å². The van der Waals surface area contributed by atoms with Crippen molar-refractivity contribution in [2.75, 3.05) is 27.1 Å². The van der Waals surface area contributed by atoms with E-state index in [9.17, 15) is 0 Å². The lowest BCUT2D eigenvalue weighted by Crippen LogP contribution is -2.55. The zero-order valence-electron chi connectivity index (χ0n) is 17.3. The summed E-state index contributed by atoms with van der Waals surface area (Å²) in [5.74, 6) is 1.62. The lowest BCUT2D eigenvalue weighted by atomic mass is 9.86. The summed E-state index contributed by atoms with van der Waals surface area (Å²) in [7, 11) is -0.656. The molecule has 156 valence electrons. The Kier molecular flexibility index (Phi) is 4.69. The second-order valence-electron chi connectivity index (χ2n) is 9.25. The van der Waals surface area contributed by atoms with Crippen LogP contribution in [-0.2, 0) is 13.9 Å². The zero-order valence-corrected chi connectivity index (χ0v) is 18.3. The third-order valence-corrected chi connectivity index (χ3v) is 11.1. The highest BCUT2D eigenvalue weighted by Gasteiger charge is 2.64. The fourth-order valence-corrected chi connectivity index (χ4v) is 5.47. The maximum absolute atomic E-state index is 15.1. The van der Waals surface area contributed by atoms with Gasteiger partial charge in [-0.1, -0.05) is 20.8 Å². The first-order valence-electron chi connectivity index (χ1n) is 9.64. The lowest BCUT2D eigenvalue weighted by molar-refractivity contribution is -0.115. The highest BCUT2D eigenvalue weighted by atomic mass is 28.4. The Hall–Kier alpha value is -1.35. The van der Waals surface area contributed by atoms with Crippen molar-refractivity contribution in [2.45, 2.75) is 57.0 Å². The third-order valence-electron chi connectivity index (χ3n) is 6.57. The molecule has 0 bridgehead atoms. The summed E-state index contributed by atoms with van der Waals surface area (Å²) in [4.78, 5) is 0. The Morgan fingerprint density at radius 2 is 1.82 bits per heavy atom. The summed E-state index contributed by atoms with van der Waals surface area (Å²) in [6.45, 7) is 11.2. The number of benzene rings is 1. The molecule has 1 aromatic rings. The number of methoxy groups -OCH3 is 1. The van der Waals surface area contributed by atoms with Gasteiger partial charge in [0.15, 0.2) is 19.8 Å². The van der Waals surface area contributed by atoms with Crippen LogP contribution in [0, 0.1) is 5.92 Å². The molecule has 6 nitrogen and oxygen atoms in total. The van der Waals surface area contributed by atoms with Crippen LogP contribution in [0.3, 0.4) is 0 Å². The van der Waals surface area contributed by atoms with Crippen LogP contribution < -0.4 is 14.2 Å². The second-order valence-corrected chi connectivity index (χ2v) is 14.0. The predicted molar refractivity (Wildman–Crippen MR) is 103 cm³/mol. The van der Waals surface area contributed by atoms with Crippen molar-refractivity contribution in [3.8, 4) is 17.2 Å². The van der Waals surface area contributed by atoms with Gasteiger partial charge in [-0.15, -0.1) is 0 Å². The van der Waals surface area contributed by atoms with Crippen LogP contribution in [0.15, 0.2) is 12.1 Å². The van der Waals surface area contributed by atoms with E-state index in [2.05, 4.69) is 33.9 Å². The zero-order chi connectivity index (χ0) is 20.3. The smallest absolute Gasteiger partial charge is 0.231 e. The standard InChI is InChI=1S/C20H29FO6Si/c1-19(2,3)28(5,6)27-20-10-24-17(13(20)9-23-18(20)21)12-7-15-16(26-11-25-15)8-14(12)22-4/h7-8,13,17-18H,9-11H2,1-6H3/t13-,17-,18?,20-/m1/s1. The number of rotatable bonds is 4. The van der Waals surface area contributed by atoms with Gasteiger partial charge in [-0.05, 0) is 24.2 Å². The van der Waals surface area contributed by atoms with Crippen molar-refractivity contribution < 1.29 is 32.5 Å². The molecule has 28 heavy (non-hydrogen) atoms. The molecule has 4 atom stereocenters. The molecule has 0 amide bonds. The molecule has 0 radical (unpaired) electrons. The molecule has 4 rings (SSSR count). The number of hydrogen-bond donors (Lipinski definition) is 0. The molecule has 3 aliphatic heterocycles.